The Balaban J connectivity index is 1.11. The molecule has 11 nitrogen and oxygen atoms in total. The Hall–Kier alpha value is -4.36. The summed E-state index contributed by atoms with van der Waals surface area (Å²) in [6.07, 6.45) is 0. The first-order valence-corrected chi connectivity index (χ1v) is 23.8. The molecule has 0 spiro atoms. The molecule has 4 aromatic carbocycles. The predicted molar refractivity (Wildman–Crippen MR) is 282 cm³/mol. The summed E-state index contributed by atoms with van der Waals surface area (Å²) in [4.78, 5) is 5.02. The molecule has 0 N–H and O–H groups in total. The lowest BCUT2D eigenvalue weighted by Gasteiger charge is -2.51. The van der Waals surface area contributed by atoms with Gasteiger partial charge in [0.25, 0.3) is 27.9 Å². The quantitative estimate of drug-likeness (QED) is 0.126. The van der Waals surface area contributed by atoms with Crippen molar-refractivity contribution in [3.05, 3.63) is 95.6 Å². The van der Waals surface area contributed by atoms with Crippen LogP contribution in [0.15, 0.2) is 78.9 Å². The molecule has 1 aliphatic carbocycles. The Kier molecular flexibility index (Phi) is 10.3. The smallest absolute Gasteiger partial charge is 0.417 e. The van der Waals surface area contributed by atoms with Crippen LogP contribution >= 0.6 is 0 Å². The van der Waals surface area contributed by atoms with Crippen molar-refractivity contribution >= 4 is 91.9 Å². The fraction of sp³-hybridized carbons (Fsp3) is 0.438. The fourth-order valence-electron chi connectivity index (χ4n) is 11.8. The number of aromatic nitrogens is 2. The van der Waals surface area contributed by atoms with E-state index >= 15 is 0 Å². The lowest BCUT2D eigenvalue weighted by molar-refractivity contribution is 0.305. The Labute approximate surface area is 390 Å². The number of ether oxygens (including phenoxy) is 1. The molecule has 0 bridgehead atoms. The molecule has 4 aliphatic rings. The molecule has 0 saturated carbocycles. The highest BCUT2D eigenvalue weighted by Crippen LogP contribution is 2.53. The summed E-state index contributed by atoms with van der Waals surface area (Å²) in [5.41, 5.74) is 10.4. The van der Waals surface area contributed by atoms with Gasteiger partial charge in [-0.3, -0.25) is 0 Å². The van der Waals surface area contributed by atoms with Crippen LogP contribution in [0, 0.1) is 0 Å². The molecule has 0 unspecified atom stereocenters. The minimum Gasteiger partial charge on any atom is -0.457 e. The summed E-state index contributed by atoms with van der Waals surface area (Å²) in [6, 6.07) is 29.2. The zero-order chi connectivity index (χ0) is 46.6. The molecule has 2 saturated heterocycles. The summed E-state index contributed by atoms with van der Waals surface area (Å²) in [6.45, 7) is 27.6. The molecule has 6 aromatic rings. The Morgan fingerprint density at radius 3 is 1.86 bits per heavy atom. The standard InChI is InChI=1S/C48H66B6N10O/c1-46(2,3)32-27-33(62-31-63(40-24-19-18-23-39(40)62)54-60(16)51(10)57(13)52(11)61(54)17)29-35(28-32)65-34-25-26-36-37-21-20-22-38-42(37)44-43(48(6,7)47(38,4)5)45(55-64(44)41(36)30-34)53-58(14)49(8)56(12)50(9)59(53)15/h18-30H,31H2,1-17H3. The molecular weight excluding hydrogens is 797 g/mol. The lowest BCUT2D eigenvalue weighted by Crippen LogP contribution is -2.77. The van der Waals surface area contributed by atoms with E-state index in [9.17, 15) is 0 Å². The number of para-hydroxylation sites is 2. The summed E-state index contributed by atoms with van der Waals surface area (Å²) in [5, 5.41) is 9.52. The highest BCUT2D eigenvalue weighted by molar-refractivity contribution is 6.90. The second-order valence-corrected chi connectivity index (χ2v) is 22.0. The zero-order valence-corrected chi connectivity index (χ0v) is 42.1. The monoisotopic (exact) mass is 865 g/mol. The van der Waals surface area contributed by atoms with E-state index in [-0.39, 0.29) is 58.3 Å². The Morgan fingerprint density at radius 2 is 1.23 bits per heavy atom. The molecule has 10 rings (SSSR count). The number of rotatable bonds is 5. The van der Waals surface area contributed by atoms with Crippen molar-refractivity contribution in [3.8, 4) is 11.5 Å². The second kappa shape index (κ2) is 15.1. The predicted octanol–water partition coefficient (Wildman–Crippen LogP) is 7.99. The van der Waals surface area contributed by atoms with Gasteiger partial charge in [-0.25, -0.2) is 4.52 Å². The van der Waals surface area contributed by atoms with Crippen LogP contribution in [0.5, 0.6) is 11.5 Å². The summed E-state index contributed by atoms with van der Waals surface area (Å²) < 4.78 is 24.2. The first-order valence-electron chi connectivity index (χ1n) is 23.8. The maximum atomic E-state index is 7.10. The zero-order valence-electron chi connectivity index (χ0n) is 42.1. The van der Waals surface area contributed by atoms with E-state index in [0.717, 1.165) is 28.3 Å². The average Bonchev–Trinajstić information content (AvgIpc) is 3.86. The molecule has 5 heterocycles. The summed E-state index contributed by atoms with van der Waals surface area (Å²) in [5.74, 6) is 1.61. The van der Waals surface area contributed by atoms with Crippen LogP contribution in [-0.2, 0) is 16.2 Å². The van der Waals surface area contributed by atoms with Crippen molar-refractivity contribution in [1.82, 2.24) is 37.9 Å². The third-order valence-electron chi connectivity index (χ3n) is 17.4. The van der Waals surface area contributed by atoms with Crippen LogP contribution in [0.3, 0.4) is 0 Å². The largest absolute Gasteiger partial charge is 0.457 e. The van der Waals surface area contributed by atoms with Crippen LogP contribution in [0.1, 0.15) is 65.2 Å². The minimum atomic E-state index is -0.215. The Bertz CT molecular complexity index is 2850. The third-order valence-corrected chi connectivity index (χ3v) is 17.4. The van der Waals surface area contributed by atoms with E-state index in [1.165, 1.54) is 49.7 Å². The van der Waals surface area contributed by atoms with Gasteiger partial charge in [0.15, 0.2) is 0 Å². The van der Waals surface area contributed by atoms with Crippen molar-refractivity contribution in [2.45, 2.75) is 92.0 Å². The van der Waals surface area contributed by atoms with E-state index < -0.39 is 0 Å². The van der Waals surface area contributed by atoms with Crippen molar-refractivity contribution in [2.75, 3.05) is 58.7 Å². The molecule has 17 heteroatoms. The van der Waals surface area contributed by atoms with Gasteiger partial charge in [0.1, 0.15) is 11.5 Å². The molecule has 0 radical (unpaired) electrons. The molecule has 65 heavy (non-hydrogen) atoms. The number of fused-ring (bicyclic) bond motifs is 4. The maximum Gasteiger partial charge on any atom is 0.417 e. The van der Waals surface area contributed by atoms with E-state index in [0.29, 0.717) is 6.67 Å². The van der Waals surface area contributed by atoms with Crippen LogP contribution in [0.4, 0.5) is 17.1 Å². The molecule has 2 aromatic heterocycles. The first-order chi connectivity index (χ1) is 30.6. The van der Waals surface area contributed by atoms with Crippen molar-refractivity contribution in [1.29, 1.82) is 0 Å². The van der Waals surface area contributed by atoms with Gasteiger partial charge in [-0.2, -0.15) is 5.10 Å². The van der Waals surface area contributed by atoms with Crippen LogP contribution in [0.25, 0.3) is 27.2 Å². The van der Waals surface area contributed by atoms with Gasteiger partial charge in [0.2, 0.25) is 0 Å². The summed E-state index contributed by atoms with van der Waals surface area (Å²) >= 11 is 0. The van der Waals surface area contributed by atoms with Crippen molar-refractivity contribution < 1.29 is 4.74 Å². The number of hydrogen-bond donors (Lipinski definition) is 0. The molecule has 332 valence electrons. The van der Waals surface area contributed by atoms with Crippen molar-refractivity contribution in [2.24, 2.45) is 0 Å². The van der Waals surface area contributed by atoms with Gasteiger partial charge in [0, 0.05) is 39.6 Å². The average molecular weight is 864 g/mol. The van der Waals surface area contributed by atoms with Gasteiger partial charge in [-0.15, -0.1) is 0 Å². The fourth-order valence-corrected chi connectivity index (χ4v) is 11.8. The van der Waals surface area contributed by atoms with Gasteiger partial charge in [-0.1, -0.05) is 106 Å². The molecule has 0 amide bonds. The molecule has 3 aliphatic heterocycles. The Morgan fingerprint density at radius 1 is 0.615 bits per heavy atom. The third kappa shape index (κ3) is 6.35. The van der Waals surface area contributed by atoms with Gasteiger partial charge in [-0.05, 0) is 106 Å². The van der Waals surface area contributed by atoms with E-state index in [4.69, 9.17) is 9.84 Å². The summed E-state index contributed by atoms with van der Waals surface area (Å²) in [7, 11) is 13.5. The van der Waals surface area contributed by atoms with Crippen LogP contribution < -0.4 is 20.0 Å². The van der Waals surface area contributed by atoms with E-state index in [1.54, 1.807) is 0 Å². The number of anilines is 3. The topological polar surface area (TPSA) is 52.5 Å². The van der Waals surface area contributed by atoms with Crippen molar-refractivity contribution in [3.63, 3.8) is 0 Å². The van der Waals surface area contributed by atoms with Crippen LogP contribution in [-0.4, -0.2) is 129 Å². The maximum absolute atomic E-state index is 7.10. The van der Waals surface area contributed by atoms with Crippen LogP contribution in [0.2, 0.25) is 27.3 Å². The normalized spacial score (nSPS) is 20.3. The van der Waals surface area contributed by atoms with E-state index in [2.05, 4.69) is 239 Å². The second-order valence-electron chi connectivity index (χ2n) is 22.0. The molecule has 2 fully saturated rings. The number of benzene rings is 4. The minimum absolute atomic E-state index is 0.00628. The van der Waals surface area contributed by atoms with Gasteiger partial charge >= 0.3 is 14.1 Å². The lowest BCUT2D eigenvalue weighted by atomic mass is 9.42. The highest BCUT2D eigenvalue weighted by atomic mass is 16.5. The molecule has 0 atom stereocenters. The van der Waals surface area contributed by atoms with Gasteiger partial charge in [0.05, 0.1) is 34.7 Å². The number of pyridine rings is 1. The van der Waals surface area contributed by atoms with E-state index in [1.807, 2.05) is 0 Å². The SMILES string of the molecule is CB1N(C)B(C)N(C)B(c2nn3c4cc(Oc5cc(N6CN(B7N(C)B(C)N(C)B(C)N7C)c7ccccc76)cc(C(C)(C)C)c5)ccc4c4cccc5c4c3c2C(C)(C)C5(C)C)N1C. The number of nitrogens with zero attached hydrogens (tertiary/aromatic N) is 10. The highest BCUT2D eigenvalue weighted by Gasteiger charge is 2.54. The number of hydrogen-bond acceptors (Lipinski definition) is 10. The molecular formula is C48H66B6N10O. The first kappa shape index (κ1) is 44.5. The van der Waals surface area contributed by atoms with Gasteiger partial charge < -0.3 is 42.8 Å².